The van der Waals surface area contributed by atoms with E-state index in [0.29, 0.717) is 18.8 Å². The molecule has 0 bridgehead atoms. The summed E-state index contributed by atoms with van der Waals surface area (Å²) in [6, 6.07) is 4.58. The molecule has 1 aromatic heterocycles. The number of carbonyl (C=O) groups excluding carboxylic acids is 1. The topological polar surface area (TPSA) is 223 Å². The number of H-pyrrole nitrogens is 1. The number of rotatable bonds is 10. The second-order valence-electron chi connectivity index (χ2n) is 7.55. The Bertz CT molecular complexity index is 1120. The number of fused-ring (bicyclic) bond motifs is 1. The van der Waals surface area contributed by atoms with E-state index in [-0.39, 0.29) is 41.9 Å². The first-order valence-electron chi connectivity index (χ1n) is 10.3. The molecule has 2 heterocycles. The Morgan fingerprint density at radius 1 is 1.24 bits per heavy atom. The van der Waals surface area contributed by atoms with Gasteiger partial charge in [-0.25, -0.2) is 4.79 Å². The molecule has 2 unspecified atom stereocenters. The van der Waals surface area contributed by atoms with Gasteiger partial charge in [-0.2, -0.15) is 4.98 Å². The number of nitrogen functional groups attached to an aromatic ring is 1. The van der Waals surface area contributed by atoms with Crippen LogP contribution < -0.4 is 32.1 Å². The quantitative estimate of drug-likeness (QED) is 0.208. The fourth-order valence-corrected chi connectivity index (χ4v) is 3.49. The van der Waals surface area contributed by atoms with Crippen LogP contribution in [-0.2, 0) is 9.59 Å². The summed E-state index contributed by atoms with van der Waals surface area (Å²) in [7, 11) is 0. The first-order chi connectivity index (χ1) is 16.2. The Hall–Kier alpha value is -4.33. The molecular weight excluding hydrogens is 450 g/mol. The number of aromatic nitrogens is 2. The smallest absolute Gasteiger partial charge is 0.326 e. The summed E-state index contributed by atoms with van der Waals surface area (Å²) in [5, 5.41) is 36.2. The van der Waals surface area contributed by atoms with Crippen molar-refractivity contribution in [3.63, 3.8) is 0 Å². The first kappa shape index (κ1) is 24.3. The van der Waals surface area contributed by atoms with Gasteiger partial charge in [-0.1, -0.05) is 0 Å². The zero-order valence-corrected chi connectivity index (χ0v) is 17.9. The molecule has 2 atom stereocenters. The molecule has 14 nitrogen and oxygen atoms in total. The fourth-order valence-electron chi connectivity index (χ4n) is 3.49. The molecule has 0 saturated carbocycles. The average Bonchev–Trinajstić information content (AvgIpc) is 2.79. The van der Waals surface area contributed by atoms with Crippen molar-refractivity contribution in [1.29, 1.82) is 0 Å². The van der Waals surface area contributed by atoms with Crippen LogP contribution in [0.15, 0.2) is 29.1 Å². The molecule has 3 rings (SSSR count). The maximum Gasteiger partial charge on any atom is 0.326 e. The van der Waals surface area contributed by atoms with E-state index in [4.69, 9.17) is 10.8 Å². The van der Waals surface area contributed by atoms with E-state index in [1.54, 1.807) is 12.1 Å². The average molecular weight is 475 g/mol. The minimum atomic E-state index is -1.32. The molecule has 14 heteroatoms. The highest BCUT2D eigenvalue weighted by Gasteiger charge is 2.29. The largest absolute Gasteiger partial charge is 0.481 e. The van der Waals surface area contributed by atoms with Gasteiger partial charge in [-0.15, -0.1) is 0 Å². The summed E-state index contributed by atoms with van der Waals surface area (Å²) < 4.78 is 0. The van der Waals surface area contributed by atoms with Crippen LogP contribution in [0, 0.1) is 0 Å². The predicted octanol–water partition coefficient (Wildman–Crippen LogP) is -0.938. The minimum Gasteiger partial charge on any atom is -0.481 e. The molecule has 0 radical (unpaired) electrons. The number of nitrogens with two attached hydrogens (primary N) is 1. The molecular formula is C20H25N7O7. The predicted molar refractivity (Wildman–Crippen MR) is 122 cm³/mol. The van der Waals surface area contributed by atoms with Crippen molar-refractivity contribution in [3.8, 4) is 0 Å². The van der Waals surface area contributed by atoms with Gasteiger partial charge in [-0.3, -0.25) is 19.4 Å². The molecule has 34 heavy (non-hydrogen) atoms. The van der Waals surface area contributed by atoms with Crippen molar-refractivity contribution in [2.24, 2.45) is 0 Å². The van der Waals surface area contributed by atoms with Gasteiger partial charge in [0, 0.05) is 30.8 Å². The number of carbonyl (C=O) groups is 3. The van der Waals surface area contributed by atoms with Crippen LogP contribution in [0.4, 0.5) is 23.1 Å². The highest BCUT2D eigenvalue weighted by atomic mass is 16.4. The number of aromatic amines is 1. The number of nitrogens with zero attached hydrogens (tertiary/aromatic N) is 2. The van der Waals surface area contributed by atoms with Crippen molar-refractivity contribution in [2.45, 2.75) is 24.9 Å². The molecule has 0 saturated heterocycles. The van der Waals surface area contributed by atoms with Crippen LogP contribution in [0.25, 0.3) is 0 Å². The number of anilines is 4. The Morgan fingerprint density at radius 2 is 1.94 bits per heavy atom. The van der Waals surface area contributed by atoms with E-state index in [9.17, 15) is 29.4 Å². The van der Waals surface area contributed by atoms with E-state index in [1.807, 2.05) is 0 Å². The van der Waals surface area contributed by atoms with E-state index in [0.717, 1.165) is 0 Å². The Labute approximate surface area is 192 Å². The van der Waals surface area contributed by atoms with Crippen molar-refractivity contribution in [3.05, 3.63) is 40.2 Å². The zero-order chi connectivity index (χ0) is 24.8. The maximum atomic E-state index is 12.3. The highest BCUT2D eigenvalue weighted by Crippen LogP contribution is 2.26. The van der Waals surface area contributed by atoms with Crippen LogP contribution >= 0.6 is 0 Å². The SMILES string of the molecule is Nc1nc2c(c(=O)[nH]1)N(CO)C(CNc1ccc(C(=O)NC(CCC(=O)O)C(=O)O)cc1)CN2. The van der Waals surface area contributed by atoms with Crippen LogP contribution in [0.3, 0.4) is 0 Å². The lowest BCUT2D eigenvalue weighted by Crippen LogP contribution is -2.51. The zero-order valence-electron chi connectivity index (χ0n) is 17.9. The lowest BCUT2D eigenvalue weighted by Gasteiger charge is -2.36. The van der Waals surface area contributed by atoms with E-state index in [2.05, 4.69) is 25.9 Å². The van der Waals surface area contributed by atoms with E-state index >= 15 is 0 Å². The first-order valence-corrected chi connectivity index (χ1v) is 10.3. The number of hydrogen-bond donors (Lipinski definition) is 8. The number of benzene rings is 1. The van der Waals surface area contributed by atoms with Crippen LogP contribution in [0.5, 0.6) is 0 Å². The molecule has 0 fully saturated rings. The van der Waals surface area contributed by atoms with Gasteiger partial charge in [0.1, 0.15) is 18.5 Å². The lowest BCUT2D eigenvalue weighted by atomic mass is 10.1. The number of aliphatic hydroxyl groups excluding tert-OH is 1. The third-order valence-corrected chi connectivity index (χ3v) is 5.24. The second-order valence-corrected chi connectivity index (χ2v) is 7.55. The normalized spacial score (nSPS) is 15.6. The van der Waals surface area contributed by atoms with Gasteiger partial charge >= 0.3 is 11.9 Å². The van der Waals surface area contributed by atoms with Crippen LogP contribution in [-0.4, -0.2) is 75.0 Å². The van der Waals surface area contributed by atoms with E-state index < -0.39 is 36.2 Å². The summed E-state index contributed by atoms with van der Waals surface area (Å²) in [5.41, 5.74) is 6.10. The lowest BCUT2D eigenvalue weighted by molar-refractivity contribution is -0.140. The van der Waals surface area contributed by atoms with Crippen molar-refractivity contribution >= 4 is 41.0 Å². The standard InChI is InChI=1S/C20H25N7O7/c21-20-25-16-15(18(32)26-20)27(9-28)12(8-23-16)7-22-11-3-1-10(2-4-11)17(31)24-13(19(33)34)5-6-14(29)30/h1-4,12-13,22,28H,5-9H2,(H,24,31)(H,29,30)(H,33,34)(H4,21,23,25,26,32). The molecule has 1 aliphatic heterocycles. The Balaban J connectivity index is 1.61. The molecule has 1 aromatic carbocycles. The molecule has 1 amide bonds. The summed E-state index contributed by atoms with van der Waals surface area (Å²) in [6.07, 6.45) is -0.623. The molecule has 2 aromatic rings. The van der Waals surface area contributed by atoms with Crippen molar-refractivity contribution in [1.82, 2.24) is 15.3 Å². The number of hydrogen-bond acceptors (Lipinski definition) is 10. The number of carboxylic acid groups (broad SMARTS) is 2. The van der Waals surface area contributed by atoms with Crippen LogP contribution in [0.2, 0.25) is 0 Å². The number of aliphatic carboxylic acids is 2. The van der Waals surface area contributed by atoms with Gasteiger partial charge in [0.25, 0.3) is 11.5 Å². The second kappa shape index (κ2) is 10.5. The number of carboxylic acids is 2. The summed E-state index contributed by atoms with van der Waals surface area (Å²) in [6.45, 7) is 0.296. The molecule has 0 aliphatic carbocycles. The van der Waals surface area contributed by atoms with Gasteiger partial charge in [-0.05, 0) is 30.7 Å². The fraction of sp³-hybridized carbons (Fsp3) is 0.350. The number of aliphatic hydroxyl groups is 1. The van der Waals surface area contributed by atoms with Crippen LogP contribution in [0.1, 0.15) is 23.2 Å². The van der Waals surface area contributed by atoms with Gasteiger partial charge in [0.2, 0.25) is 5.95 Å². The summed E-state index contributed by atoms with van der Waals surface area (Å²) in [4.78, 5) is 54.5. The Morgan fingerprint density at radius 3 is 2.56 bits per heavy atom. The third-order valence-electron chi connectivity index (χ3n) is 5.24. The molecule has 9 N–H and O–H groups in total. The minimum absolute atomic E-state index is 0.0357. The molecule has 1 aliphatic rings. The van der Waals surface area contributed by atoms with E-state index in [1.165, 1.54) is 17.0 Å². The highest BCUT2D eigenvalue weighted by molar-refractivity contribution is 5.97. The van der Waals surface area contributed by atoms with Gasteiger partial charge < -0.3 is 41.9 Å². The number of amides is 1. The van der Waals surface area contributed by atoms with Crippen molar-refractivity contribution in [2.75, 3.05) is 41.1 Å². The molecule has 182 valence electrons. The van der Waals surface area contributed by atoms with Crippen molar-refractivity contribution < 1.29 is 29.7 Å². The summed E-state index contributed by atoms with van der Waals surface area (Å²) in [5.74, 6) is -2.87. The molecule has 0 spiro atoms. The summed E-state index contributed by atoms with van der Waals surface area (Å²) >= 11 is 0. The number of nitrogens with one attached hydrogen (secondary N) is 4. The monoisotopic (exact) mass is 475 g/mol. The Kier molecular flexibility index (Phi) is 7.53. The van der Waals surface area contributed by atoms with Gasteiger partial charge in [0.05, 0.1) is 6.04 Å². The van der Waals surface area contributed by atoms with Gasteiger partial charge in [0.15, 0.2) is 5.82 Å². The maximum absolute atomic E-state index is 12.3. The third kappa shape index (κ3) is 5.72.